The molecule has 20 heavy (non-hydrogen) atoms. The van der Waals surface area contributed by atoms with Gasteiger partial charge in [0.15, 0.2) is 0 Å². The van der Waals surface area contributed by atoms with Crippen LogP contribution in [-0.2, 0) is 11.3 Å². The minimum Gasteiger partial charge on any atom is -0.392 e. The number of aliphatic hydroxyl groups excluding tert-OH is 1. The third-order valence-corrected chi connectivity index (χ3v) is 4.36. The van der Waals surface area contributed by atoms with E-state index < -0.39 is 0 Å². The smallest absolute Gasteiger partial charge is 0.0716 e. The predicted octanol–water partition coefficient (Wildman–Crippen LogP) is 3.95. The minimum absolute atomic E-state index is 0.145. The Morgan fingerprint density at radius 3 is 2.80 bits per heavy atom. The normalized spacial score (nSPS) is 22.1. The number of hydrogen-bond donors (Lipinski definition) is 1. The molecule has 0 unspecified atom stereocenters. The van der Waals surface area contributed by atoms with Gasteiger partial charge >= 0.3 is 0 Å². The van der Waals surface area contributed by atoms with Crippen LogP contribution in [0.3, 0.4) is 0 Å². The zero-order valence-corrected chi connectivity index (χ0v) is 12.3. The standard InChI is InChI=1S/C18H26O2/c1-15(13-19)18-11-5-9-17(18)10-6-12-20-14-16-7-3-2-4-8-16/h2-4,7-8,17-19H,1,5-6,9-14H2/t17-,18-/m1/s1. The van der Waals surface area contributed by atoms with Crippen LogP contribution in [0.25, 0.3) is 0 Å². The van der Waals surface area contributed by atoms with Crippen molar-refractivity contribution < 1.29 is 9.84 Å². The molecule has 1 saturated carbocycles. The van der Waals surface area contributed by atoms with Crippen LogP contribution in [0.15, 0.2) is 42.5 Å². The molecule has 0 aliphatic heterocycles. The van der Waals surface area contributed by atoms with Crippen LogP contribution in [-0.4, -0.2) is 18.3 Å². The summed E-state index contributed by atoms with van der Waals surface area (Å²) in [7, 11) is 0. The maximum absolute atomic E-state index is 9.22. The lowest BCUT2D eigenvalue weighted by atomic mass is 9.87. The highest BCUT2D eigenvalue weighted by molar-refractivity contribution is 5.13. The van der Waals surface area contributed by atoms with Crippen LogP contribution in [0.4, 0.5) is 0 Å². The second-order valence-electron chi connectivity index (χ2n) is 5.79. The second-order valence-corrected chi connectivity index (χ2v) is 5.79. The Balaban J connectivity index is 1.62. The first kappa shape index (κ1) is 15.3. The molecule has 0 aromatic heterocycles. The van der Waals surface area contributed by atoms with Gasteiger partial charge in [-0.05, 0) is 48.7 Å². The fourth-order valence-corrected chi connectivity index (χ4v) is 3.25. The summed E-state index contributed by atoms with van der Waals surface area (Å²) in [6.45, 7) is 5.68. The SMILES string of the molecule is C=C(CO)[C@H]1CCC[C@@H]1CCCOCc1ccccc1. The van der Waals surface area contributed by atoms with Crippen molar-refractivity contribution in [1.29, 1.82) is 0 Å². The number of ether oxygens (including phenoxy) is 1. The maximum atomic E-state index is 9.22. The van der Waals surface area contributed by atoms with Gasteiger partial charge in [-0.25, -0.2) is 0 Å². The van der Waals surface area contributed by atoms with E-state index >= 15 is 0 Å². The molecule has 1 N–H and O–H groups in total. The molecular formula is C18H26O2. The Labute approximate surface area is 122 Å². The monoisotopic (exact) mass is 274 g/mol. The van der Waals surface area contributed by atoms with Crippen molar-refractivity contribution in [3.8, 4) is 0 Å². The molecule has 0 radical (unpaired) electrons. The Kier molecular flexibility index (Phi) is 6.28. The van der Waals surface area contributed by atoms with Gasteiger partial charge in [0.05, 0.1) is 13.2 Å². The van der Waals surface area contributed by atoms with Crippen LogP contribution < -0.4 is 0 Å². The van der Waals surface area contributed by atoms with E-state index in [9.17, 15) is 5.11 Å². The third-order valence-electron chi connectivity index (χ3n) is 4.36. The lowest BCUT2D eigenvalue weighted by Gasteiger charge is -2.20. The van der Waals surface area contributed by atoms with Crippen LogP contribution in [0.1, 0.15) is 37.7 Å². The predicted molar refractivity (Wildman–Crippen MR) is 82.4 cm³/mol. The van der Waals surface area contributed by atoms with Crippen molar-refractivity contribution in [2.75, 3.05) is 13.2 Å². The molecule has 1 aromatic carbocycles. The van der Waals surface area contributed by atoms with Gasteiger partial charge in [0.2, 0.25) is 0 Å². The fourth-order valence-electron chi connectivity index (χ4n) is 3.25. The van der Waals surface area contributed by atoms with E-state index in [4.69, 9.17) is 4.74 Å². The van der Waals surface area contributed by atoms with Crippen LogP contribution >= 0.6 is 0 Å². The topological polar surface area (TPSA) is 29.5 Å². The first-order valence-electron chi connectivity index (χ1n) is 7.71. The van der Waals surface area contributed by atoms with E-state index in [0.29, 0.717) is 18.4 Å². The molecule has 1 fully saturated rings. The third kappa shape index (κ3) is 4.46. The summed E-state index contributed by atoms with van der Waals surface area (Å²) in [5.74, 6) is 1.24. The van der Waals surface area contributed by atoms with Gasteiger partial charge in [-0.15, -0.1) is 0 Å². The lowest BCUT2D eigenvalue weighted by molar-refractivity contribution is 0.112. The molecule has 1 aromatic rings. The highest BCUT2D eigenvalue weighted by Gasteiger charge is 2.28. The van der Waals surface area contributed by atoms with Gasteiger partial charge < -0.3 is 9.84 Å². The molecule has 2 heteroatoms. The highest BCUT2D eigenvalue weighted by Crippen LogP contribution is 2.38. The molecule has 0 heterocycles. The van der Waals surface area contributed by atoms with Gasteiger partial charge in [0.1, 0.15) is 0 Å². The molecule has 110 valence electrons. The largest absolute Gasteiger partial charge is 0.392 e. The molecule has 2 rings (SSSR count). The van der Waals surface area contributed by atoms with Gasteiger partial charge in [0.25, 0.3) is 0 Å². The number of rotatable bonds is 8. The Morgan fingerprint density at radius 1 is 1.25 bits per heavy atom. The Hall–Kier alpha value is -1.12. The summed E-state index contributed by atoms with van der Waals surface area (Å²) in [5.41, 5.74) is 2.26. The molecule has 1 aliphatic rings. The summed E-state index contributed by atoms with van der Waals surface area (Å²) in [5, 5.41) is 9.22. The van der Waals surface area contributed by atoms with Crippen LogP contribution in [0.2, 0.25) is 0 Å². The van der Waals surface area contributed by atoms with Crippen molar-refractivity contribution in [1.82, 2.24) is 0 Å². The van der Waals surface area contributed by atoms with E-state index in [-0.39, 0.29) is 6.61 Å². The van der Waals surface area contributed by atoms with Crippen molar-refractivity contribution in [2.45, 2.75) is 38.7 Å². The van der Waals surface area contributed by atoms with Crippen molar-refractivity contribution >= 4 is 0 Å². The van der Waals surface area contributed by atoms with Gasteiger partial charge in [-0.1, -0.05) is 43.3 Å². The molecule has 1 aliphatic carbocycles. The number of benzene rings is 1. The Morgan fingerprint density at radius 2 is 2.05 bits per heavy atom. The lowest BCUT2D eigenvalue weighted by Crippen LogP contribution is -2.13. The van der Waals surface area contributed by atoms with Crippen LogP contribution in [0.5, 0.6) is 0 Å². The Bertz CT molecular complexity index is 399. The zero-order valence-electron chi connectivity index (χ0n) is 12.3. The van der Waals surface area contributed by atoms with E-state index in [1.54, 1.807) is 0 Å². The first-order chi connectivity index (χ1) is 9.81. The van der Waals surface area contributed by atoms with Gasteiger partial charge in [-0.3, -0.25) is 0 Å². The quantitative estimate of drug-likeness (QED) is 0.574. The average molecular weight is 274 g/mol. The van der Waals surface area contributed by atoms with Crippen molar-refractivity contribution in [3.63, 3.8) is 0 Å². The van der Waals surface area contributed by atoms with E-state index in [2.05, 4.69) is 18.7 Å². The maximum Gasteiger partial charge on any atom is 0.0716 e. The van der Waals surface area contributed by atoms with Gasteiger partial charge in [-0.2, -0.15) is 0 Å². The molecule has 0 saturated heterocycles. The van der Waals surface area contributed by atoms with E-state index in [1.165, 1.54) is 31.2 Å². The molecule has 0 amide bonds. The summed E-state index contributed by atoms with van der Waals surface area (Å²) < 4.78 is 5.73. The van der Waals surface area contributed by atoms with E-state index in [1.807, 2.05) is 18.2 Å². The summed E-state index contributed by atoms with van der Waals surface area (Å²) >= 11 is 0. The molecule has 0 bridgehead atoms. The summed E-state index contributed by atoms with van der Waals surface area (Å²) in [6, 6.07) is 10.3. The highest BCUT2D eigenvalue weighted by atomic mass is 16.5. The fraction of sp³-hybridized carbons (Fsp3) is 0.556. The van der Waals surface area contributed by atoms with Gasteiger partial charge in [0, 0.05) is 6.61 Å². The van der Waals surface area contributed by atoms with E-state index in [0.717, 1.165) is 18.6 Å². The average Bonchev–Trinajstić information content (AvgIpc) is 2.95. The minimum atomic E-state index is 0.145. The van der Waals surface area contributed by atoms with Crippen molar-refractivity contribution in [2.24, 2.45) is 11.8 Å². The molecule has 0 spiro atoms. The first-order valence-corrected chi connectivity index (χ1v) is 7.71. The summed E-state index contributed by atoms with van der Waals surface area (Å²) in [4.78, 5) is 0. The zero-order chi connectivity index (χ0) is 14.2. The summed E-state index contributed by atoms with van der Waals surface area (Å²) in [6.07, 6.45) is 6.06. The number of aliphatic hydroxyl groups is 1. The molecular weight excluding hydrogens is 248 g/mol. The second kappa shape index (κ2) is 8.23. The molecule has 2 atom stereocenters. The van der Waals surface area contributed by atoms with Crippen molar-refractivity contribution in [3.05, 3.63) is 48.0 Å². The molecule has 2 nitrogen and oxygen atoms in total. The number of hydrogen-bond acceptors (Lipinski definition) is 2. The van der Waals surface area contributed by atoms with Crippen LogP contribution in [0, 0.1) is 11.8 Å².